The molecule has 0 saturated heterocycles. The summed E-state index contributed by atoms with van der Waals surface area (Å²) in [5.74, 6) is 1.69. The highest BCUT2D eigenvalue weighted by Gasteiger charge is 2.06. The average molecular weight is 348 g/mol. The van der Waals surface area contributed by atoms with Gasteiger partial charge in [-0.3, -0.25) is 0 Å². The van der Waals surface area contributed by atoms with E-state index in [1.807, 2.05) is 66.7 Å². The van der Waals surface area contributed by atoms with Crippen molar-refractivity contribution in [2.24, 2.45) is 0 Å². The lowest BCUT2D eigenvalue weighted by Gasteiger charge is -2.09. The van der Waals surface area contributed by atoms with E-state index in [4.69, 9.17) is 21.1 Å². The number of benzene rings is 2. The van der Waals surface area contributed by atoms with Crippen LogP contribution in [-0.4, -0.2) is 5.11 Å². The first-order valence-electron chi connectivity index (χ1n) is 7.94. The Morgan fingerprint density at radius 2 is 1.80 bits per heavy atom. The van der Waals surface area contributed by atoms with Crippen molar-refractivity contribution < 1.29 is 8.83 Å². The Hall–Kier alpha value is -3.05. The van der Waals surface area contributed by atoms with Crippen LogP contribution in [0.2, 0.25) is 0 Å². The van der Waals surface area contributed by atoms with Crippen molar-refractivity contribution in [1.82, 2.24) is 5.32 Å². The lowest BCUT2D eigenvalue weighted by molar-refractivity contribution is 0.503. The second kappa shape index (κ2) is 6.83. The van der Waals surface area contributed by atoms with Crippen molar-refractivity contribution in [1.29, 1.82) is 0 Å². The van der Waals surface area contributed by atoms with Gasteiger partial charge < -0.3 is 19.5 Å². The average Bonchev–Trinajstić information content (AvgIpc) is 3.30. The summed E-state index contributed by atoms with van der Waals surface area (Å²) in [6.07, 6.45) is 1.64. The minimum Gasteiger partial charge on any atom is -0.467 e. The summed E-state index contributed by atoms with van der Waals surface area (Å²) in [5, 5.41) is 7.91. The Kier molecular flexibility index (Phi) is 4.23. The van der Waals surface area contributed by atoms with Gasteiger partial charge >= 0.3 is 0 Å². The second-order valence-electron chi connectivity index (χ2n) is 5.61. The molecule has 124 valence electrons. The van der Waals surface area contributed by atoms with Gasteiger partial charge in [0.2, 0.25) is 0 Å². The number of fused-ring (bicyclic) bond motifs is 1. The molecule has 0 fully saturated rings. The topological polar surface area (TPSA) is 50.3 Å². The largest absolute Gasteiger partial charge is 0.467 e. The van der Waals surface area contributed by atoms with Crippen molar-refractivity contribution in [3.05, 3.63) is 78.8 Å². The van der Waals surface area contributed by atoms with Gasteiger partial charge in [-0.2, -0.15) is 0 Å². The zero-order chi connectivity index (χ0) is 17.1. The van der Waals surface area contributed by atoms with E-state index >= 15 is 0 Å². The molecule has 0 radical (unpaired) electrons. The Morgan fingerprint density at radius 1 is 0.960 bits per heavy atom. The SMILES string of the molecule is S=C(NCc1ccco1)Nc1ccc(-c2cc3ccccc3o2)cc1. The van der Waals surface area contributed by atoms with Crippen molar-refractivity contribution in [2.75, 3.05) is 5.32 Å². The fourth-order valence-corrected chi connectivity index (χ4v) is 2.79. The molecule has 0 spiro atoms. The van der Waals surface area contributed by atoms with Gasteiger partial charge in [-0.1, -0.05) is 18.2 Å². The number of hydrogen-bond donors (Lipinski definition) is 2. The third-order valence-electron chi connectivity index (χ3n) is 3.86. The summed E-state index contributed by atoms with van der Waals surface area (Å²) >= 11 is 5.30. The van der Waals surface area contributed by atoms with E-state index in [-0.39, 0.29) is 0 Å². The number of para-hydroxylation sites is 1. The number of furan rings is 2. The minimum absolute atomic E-state index is 0.549. The molecular formula is C20H16N2O2S. The lowest BCUT2D eigenvalue weighted by Crippen LogP contribution is -2.27. The summed E-state index contributed by atoms with van der Waals surface area (Å²) < 4.78 is 11.1. The third kappa shape index (κ3) is 3.56. The van der Waals surface area contributed by atoms with Crippen molar-refractivity contribution in [2.45, 2.75) is 6.54 Å². The maximum absolute atomic E-state index is 5.89. The van der Waals surface area contributed by atoms with E-state index in [0.29, 0.717) is 11.7 Å². The first-order chi connectivity index (χ1) is 12.3. The van der Waals surface area contributed by atoms with Gasteiger partial charge in [-0.25, -0.2) is 0 Å². The van der Waals surface area contributed by atoms with Crippen LogP contribution in [0.1, 0.15) is 5.76 Å². The molecule has 4 rings (SSSR count). The lowest BCUT2D eigenvalue weighted by atomic mass is 10.1. The maximum Gasteiger partial charge on any atom is 0.171 e. The zero-order valence-corrected chi connectivity index (χ0v) is 14.2. The van der Waals surface area contributed by atoms with Crippen LogP contribution < -0.4 is 10.6 Å². The molecule has 5 heteroatoms. The molecule has 2 heterocycles. The van der Waals surface area contributed by atoms with Crippen molar-refractivity contribution >= 4 is 34.0 Å². The third-order valence-corrected chi connectivity index (χ3v) is 4.10. The molecular weight excluding hydrogens is 332 g/mol. The highest BCUT2D eigenvalue weighted by Crippen LogP contribution is 2.28. The van der Waals surface area contributed by atoms with Crippen LogP contribution in [0.4, 0.5) is 5.69 Å². The van der Waals surface area contributed by atoms with Crippen LogP contribution in [0.5, 0.6) is 0 Å². The quantitative estimate of drug-likeness (QED) is 0.498. The number of rotatable bonds is 4. The Balaban J connectivity index is 1.42. The van der Waals surface area contributed by atoms with Gasteiger partial charge in [0.15, 0.2) is 5.11 Å². The van der Waals surface area contributed by atoms with E-state index in [0.717, 1.165) is 33.7 Å². The normalized spacial score (nSPS) is 10.7. The van der Waals surface area contributed by atoms with Crippen LogP contribution >= 0.6 is 12.2 Å². The van der Waals surface area contributed by atoms with Gasteiger partial charge in [-0.15, -0.1) is 0 Å². The molecule has 0 saturated carbocycles. The maximum atomic E-state index is 5.89. The second-order valence-corrected chi connectivity index (χ2v) is 6.02. The van der Waals surface area contributed by atoms with Crippen LogP contribution in [0.3, 0.4) is 0 Å². The molecule has 0 aliphatic rings. The van der Waals surface area contributed by atoms with Gasteiger partial charge in [-0.05, 0) is 60.7 Å². The first-order valence-corrected chi connectivity index (χ1v) is 8.35. The van der Waals surface area contributed by atoms with Crippen molar-refractivity contribution in [3.63, 3.8) is 0 Å². The van der Waals surface area contributed by atoms with Crippen molar-refractivity contribution in [3.8, 4) is 11.3 Å². The van der Waals surface area contributed by atoms with Crippen LogP contribution in [0, 0.1) is 0 Å². The molecule has 0 atom stereocenters. The summed E-state index contributed by atoms with van der Waals surface area (Å²) in [6, 6.07) is 21.8. The molecule has 25 heavy (non-hydrogen) atoms. The summed E-state index contributed by atoms with van der Waals surface area (Å²) in [5.41, 5.74) is 2.83. The standard InChI is InChI=1S/C20H16N2O2S/c25-20(21-13-17-5-3-11-23-17)22-16-9-7-14(8-10-16)19-12-15-4-1-2-6-18(15)24-19/h1-12H,13H2,(H2,21,22,25). The fourth-order valence-electron chi connectivity index (χ4n) is 2.60. The summed E-state index contributed by atoms with van der Waals surface area (Å²) in [6.45, 7) is 0.551. The van der Waals surface area contributed by atoms with E-state index < -0.39 is 0 Å². The van der Waals surface area contributed by atoms with E-state index in [2.05, 4.69) is 10.6 Å². The monoisotopic (exact) mass is 348 g/mol. The van der Waals surface area contributed by atoms with Crippen LogP contribution in [0.15, 0.2) is 81.8 Å². The van der Waals surface area contributed by atoms with Gasteiger partial charge in [0, 0.05) is 16.6 Å². The predicted octanol–water partition coefficient (Wildman–Crippen LogP) is 5.18. The molecule has 0 bridgehead atoms. The first kappa shape index (κ1) is 15.5. The molecule has 2 aromatic carbocycles. The summed E-state index contributed by atoms with van der Waals surface area (Å²) in [7, 11) is 0. The molecule has 0 amide bonds. The molecule has 4 aromatic rings. The fraction of sp³-hybridized carbons (Fsp3) is 0.0500. The molecule has 2 aromatic heterocycles. The molecule has 0 unspecified atom stereocenters. The zero-order valence-electron chi connectivity index (χ0n) is 13.4. The Bertz CT molecular complexity index is 955. The highest BCUT2D eigenvalue weighted by molar-refractivity contribution is 7.80. The number of hydrogen-bond acceptors (Lipinski definition) is 3. The summed E-state index contributed by atoms with van der Waals surface area (Å²) in [4.78, 5) is 0. The molecule has 0 aliphatic carbocycles. The molecule has 2 N–H and O–H groups in total. The molecule has 4 nitrogen and oxygen atoms in total. The smallest absolute Gasteiger partial charge is 0.171 e. The molecule has 0 aliphatic heterocycles. The van der Waals surface area contributed by atoms with E-state index in [1.165, 1.54) is 0 Å². The van der Waals surface area contributed by atoms with Gasteiger partial charge in [0.05, 0.1) is 12.8 Å². The Labute approximate surface area is 150 Å². The van der Waals surface area contributed by atoms with Gasteiger partial charge in [0.25, 0.3) is 0 Å². The highest BCUT2D eigenvalue weighted by atomic mass is 32.1. The number of thiocarbonyl (C=S) groups is 1. The predicted molar refractivity (Wildman–Crippen MR) is 103 cm³/mol. The van der Waals surface area contributed by atoms with E-state index in [9.17, 15) is 0 Å². The minimum atomic E-state index is 0.549. The number of anilines is 1. The van der Waals surface area contributed by atoms with Crippen LogP contribution in [0.25, 0.3) is 22.3 Å². The van der Waals surface area contributed by atoms with E-state index in [1.54, 1.807) is 6.26 Å². The number of nitrogens with one attached hydrogen (secondary N) is 2. The van der Waals surface area contributed by atoms with Gasteiger partial charge in [0.1, 0.15) is 17.1 Å². The van der Waals surface area contributed by atoms with Crippen LogP contribution in [-0.2, 0) is 6.54 Å². The Morgan fingerprint density at radius 3 is 2.56 bits per heavy atom.